The second-order valence-electron chi connectivity index (χ2n) is 6.36. The van der Waals surface area contributed by atoms with Crippen LogP contribution in [0.3, 0.4) is 0 Å². The van der Waals surface area contributed by atoms with Gasteiger partial charge in [0, 0.05) is 11.4 Å². The number of carbonyl (C=O) groups excluding carboxylic acids is 2. The molecule has 2 aromatic carbocycles. The highest BCUT2D eigenvalue weighted by molar-refractivity contribution is 5.95. The summed E-state index contributed by atoms with van der Waals surface area (Å²) in [4.78, 5) is 24.1. The molecule has 2 N–H and O–H groups in total. The van der Waals surface area contributed by atoms with Crippen molar-refractivity contribution in [2.75, 3.05) is 17.2 Å². The minimum Gasteiger partial charge on any atom is -0.491 e. The van der Waals surface area contributed by atoms with Crippen LogP contribution in [0.4, 0.5) is 16.2 Å². The van der Waals surface area contributed by atoms with Gasteiger partial charge in [-0.2, -0.15) is 0 Å². The lowest BCUT2D eigenvalue weighted by atomic mass is 10.1. The number of hydrogen-bond donors (Lipinski definition) is 2. The minimum atomic E-state index is -0.522. The third-order valence-corrected chi connectivity index (χ3v) is 3.75. The summed E-state index contributed by atoms with van der Waals surface area (Å²) in [6.45, 7) is 7.78. The molecule has 0 aliphatic rings. The van der Waals surface area contributed by atoms with Crippen LogP contribution in [-0.4, -0.2) is 24.7 Å². The van der Waals surface area contributed by atoms with Gasteiger partial charge < -0.3 is 14.8 Å². The largest absolute Gasteiger partial charge is 0.491 e. The van der Waals surface area contributed by atoms with Crippen LogP contribution in [0.1, 0.15) is 31.9 Å². The number of hydrogen-bond acceptors (Lipinski definition) is 4. The van der Waals surface area contributed by atoms with Crippen LogP contribution in [0.15, 0.2) is 42.5 Å². The number of benzene rings is 2. The van der Waals surface area contributed by atoms with Crippen LogP contribution in [-0.2, 0) is 16.0 Å². The molecule has 2 rings (SSSR count). The average molecular weight is 370 g/mol. The standard InChI is InChI=1S/C21H26N2O4/c1-5-26-21(25)23-19-11-7-10-18(15(19)4)22-20(24)13-16-8-6-9-17(12-16)27-14(2)3/h6-12,14H,5,13H2,1-4H3,(H,22,24)(H,23,25). The molecule has 27 heavy (non-hydrogen) atoms. The summed E-state index contributed by atoms with van der Waals surface area (Å²) in [6.07, 6.45) is -0.220. The first-order chi connectivity index (χ1) is 12.9. The second-order valence-corrected chi connectivity index (χ2v) is 6.36. The van der Waals surface area contributed by atoms with E-state index < -0.39 is 6.09 Å². The molecule has 0 spiro atoms. The van der Waals surface area contributed by atoms with Crippen molar-refractivity contribution < 1.29 is 19.1 Å². The predicted molar refractivity (Wildman–Crippen MR) is 106 cm³/mol. The van der Waals surface area contributed by atoms with E-state index >= 15 is 0 Å². The highest BCUT2D eigenvalue weighted by atomic mass is 16.5. The van der Waals surface area contributed by atoms with Gasteiger partial charge in [-0.3, -0.25) is 10.1 Å². The summed E-state index contributed by atoms with van der Waals surface area (Å²) in [5.74, 6) is 0.597. The summed E-state index contributed by atoms with van der Waals surface area (Å²) < 4.78 is 10.6. The summed E-state index contributed by atoms with van der Waals surface area (Å²) in [5.41, 5.74) is 2.86. The topological polar surface area (TPSA) is 76.7 Å². The number of anilines is 2. The van der Waals surface area contributed by atoms with E-state index in [1.54, 1.807) is 25.1 Å². The first kappa shape index (κ1) is 20.3. The van der Waals surface area contributed by atoms with Gasteiger partial charge in [-0.05, 0) is 63.1 Å². The van der Waals surface area contributed by atoms with Gasteiger partial charge in [0.15, 0.2) is 0 Å². The van der Waals surface area contributed by atoms with E-state index in [0.717, 1.165) is 16.9 Å². The first-order valence-electron chi connectivity index (χ1n) is 8.98. The van der Waals surface area contributed by atoms with Crippen molar-refractivity contribution in [3.05, 3.63) is 53.6 Å². The highest BCUT2D eigenvalue weighted by Crippen LogP contribution is 2.24. The van der Waals surface area contributed by atoms with Crippen molar-refractivity contribution >= 4 is 23.4 Å². The minimum absolute atomic E-state index is 0.0753. The van der Waals surface area contributed by atoms with Gasteiger partial charge in [-0.1, -0.05) is 18.2 Å². The van der Waals surface area contributed by atoms with Gasteiger partial charge in [0.1, 0.15) is 5.75 Å². The van der Waals surface area contributed by atoms with Crippen LogP contribution in [0.25, 0.3) is 0 Å². The van der Waals surface area contributed by atoms with Gasteiger partial charge in [-0.15, -0.1) is 0 Å². The number of rotatable bonds is 7. The molecule has 0 atom stereocenters. The molecule has 0 aromatic heterocycles. The lowest BCUT2D eigenvalue weighted by Gasteiger charge is -2.14. The molecule has 0 saturated heterocycles. The highest BCUT2D eigenvalue weighted by Gasteiger charge is 2.11. The molecule has 0 unspecified atom stereocenters. The molecule has 2 amide bonds. The summed E-state index contributed by atoms with van der Waals surface area (Å²) in [6, 6.07) is 12.8. The second kappa shape index (κ2) is 9.62. The SMILES string of the molecule is CCOC(=O)Nc1cccc(NC(=O)Cc2cccc(OC(C)C)c2)c1C. The van der Waals surface area contributed by atoms with Crippen molar-refractivity contribution in [1.29, 1.82) is 0 Å². The number of amides is 2. The van der Waals surface area contributed by atoms with Gasteiger partial charge >= 0.3 is 6.09 Å². The Kier molecular flexibility index (Phi) is 7.23. The van der Waals surface area contributed by atoms with Crippen molar-refractivity contribution in [3.63, 3.8) is 0 Å². The number of carbonyl (C=O) groups is 2. The maximum atomic E-state index is 12.4. The smallest absolute Gasteiger partial charge is 0.411 e. The van der Waals surface area contributed by atoms with E-state index in [1.807, 2.05) is 45.0 Å². The fraction of sp³-hybridized carbons (Fsp3) is 0.333. The molecule has 6 nitrogen and oxygen atoms in total. The number of ether oxygens (including phenoxy) is 2. The Labute approximate surface area is 159 Å². The molecule has 2 aromatic rings. The van der Waals surface area contributed by atoms with E-state index in [-0.39, 0.29) is 18.4 Å². The Morgan fingerprint density at radius 1 is 1.04 bits per heavy atom. The molecule has 0 radical (unpaired) electrons. The van der Waals surface area contributed by atoms with Crippen molar-refractivity contribution in [3.8, 4) is 5.75 Å². The third kappa shape index (κ3) is 6.33. The van der Waals surface area contributed by atoms with Crippen LogP contribution in [0.5, 0.6) is 5.75 Å². The maximum absolute atomic E-state index is 12.4. The maximum Gasteiger partial charge on any atom is 0.411 e. The molecule has 0 saturated carbocycles. The van der Waals surface area contributed by atoms with E-state index in [1.165, 1.54) is 0 Å². The van der Waals surface area contributed by atoms with E-state index in [4.69, 9.17) is 9.47 Å². The van der Waals surface area contributed by atoms with E-state index in [9.17, 15) is 9.59 Å². The van der Waals surface area contributed by atoms with Crippen LogP contribution in [0, 0.1) is 6.92 Å². The Balaban J connectivity index is 2.04. The molecule has 144 valence electrons. The average Bonchev–Trinajstić information content (AvgIpc) is 2.58. The zero-order valence-corrected chi connectivity index (χ0v) is 16.2. The lowest BCUT2D eigenvalue weighted by molar-refractivity contribution is -0.115. The molecule has 0 aliphatic heterocycles. The first-order valence-corrected chi connectivity index (χ1v) is 8.98. The summed E-state index contributed by atoms with van der Waals surface area (Å²) in [5, 5.41) is 5.56. The molecule has 0 fully saturated rings. The predicted octanol–water partition coefficient (Wildman–Crippen LogP) is 4.53. The zero-order valence-electron chi connectivity index (χ0n) is 16.2. The van der Waals surface area contributed by atoms with Crippen LogP contribution < -0.4 is 15.4 Å². The zero-order chi connectivity index (χ0) is 19.8. The Morgan fingerprint density at radius 3 is 2.37 bits per heavy atom. The third-order valence-electron chi connectivity index (χ3n) is 3.75. The molecule has 6 heteroatoms. The lowest BCUT2D eigenvalue weighted by Crippen LogP contribution is -2.17. The quantitative estimate of drug-likeness (QED) is 0.751. The van der Waals surface area contributed by atoms with Gasteiger partial charge in [-0.25, -0.2) is 4.79 Å². The van der Waals surface area contributed by atoms with E-state index in [0.29, 0.717) is 18.0 Å². The normalized spacial score (nSPS) is 10.4. The Morgan fingerprint density at radius 2 is 1.70 bits per heavy atom. The van der Waals surface area contributed by atoms with Gasteiger partial charge in [0.05, 0.1) is 19.1 Å². The monoisotopic (exact) mass is 370 g/mol. The van der Waals surface area contributed by atoms with Gasteiger partial charge in [0.25, 0.3) is 0 Å². The van der Waals surface area contributed by atoms with Crippen molar-refractivity contribution in [1.82, 2.24) is 0 Å². The fourth-order valence-electron chi connectivity index (χ4n) is 2.56. The summed E-state index contributed by atoms with van der Waals surface area (Å²) in [7, 11) is 0. The van der Waals surface area contributed by atoms with Crippen molar-refractivity contribution in [2.45, 2.75) is 40.2 Å². The van der Waals surface area contributed by atoms with E-state index in [2.05, 4.69) is 10.6 Å². The summed E-state index contributed by atoms with van der Waals surface area (Å²) >= 11 is 0. The fourth-order valence-corrected chi connectivity index (χ4v) is 2.56. The molecular weight excluding hydrogens is 344 g/mol. The Bertz CT molecular complexity index is 803. The number of nitrogens with one attached hydrogen (secondary N) is 2. The molecule has 0 heterocycles. The molecule has 0 bridgehead atoms. The Hall–Kier alpha value is -3.02. The van der Waals surface area contributed by atoms with Crippen LogP contribution >= 0.6 is 0 Å². The van der Waals surface area contributed by atoms with Crippen LogP contribution in [0.2, 0.25) is 0 Å². The van der Waals surface area contributed by atoms with Gasteiger partial charge in [0.2, 0.25) is 5.91 Å². The molecule has 0 aliphatic carbocycles. The molecular formula is C21H26N2O4. The van der Waals surface area contributed by atoms with Crippen molar-refractivity contribution in [2.24, 2.45) is 0 Å².